The first-order valence-corrected chi connectivity index (χ1v) is 14.5. The lowest BCUT2D eigenvalue weighted by Crippen LogP contribution is -2.48. The van der Waals surface area contributed by atoms with E-state index < -0.39 is 17.6 Å². The first-order valence-electron chi connectivity index (χ1n) is 14.5. The van der Waals surface area contributed by atoms with Crippen LogP contribution >= 0.6 is 0 Å². The highest BCUT2D eigenvalue weighted by molar-refractivity contribution is 5.92. The van der Waals surface area contributed by atoms with E-state index in [2.05, 4.69) is 5.32 Å². The maximum absolute atomic E-state index is 13.1. The summed E-state index contributed by atoms with van der Waals surface area (Å²) in [7, 11) is 0. The highest BCUT2D eigenvalue weighted by atomic mass is 16.5. The van der Waals surface area contributed by atoms with Crippen LogP contribution in [-0.2, 0) is 32.2 Å². The van der Waals surface area contributed by atoms with Crippen LogP contribution in [0.4, 0.5) is 0 Å². The van der Waals surface area contributed by atoms with Gasteiger partial charge in [0.25, 0.3) is 0 Å². The molecule has 1 saturated heterocycles. The molecule has 3 aromatic carbocycles. The molecular formula is C34H41NO8. The number of nitrogens with one attached hydrogen (secondary N) is 1. The molecule has 9 nitrogen and oxygen atoms in total. The Balaban J connectivity index is 1.33. The van der Waals surface area contributed by atoms with E-state index in [1.54, 1.807) is 19.1 Å². The Morgan fingerprint density at radius 2 is 1.56 bits per heavy atom. The summed E-state index contributed by atoms with van der Waals surface area (Å²) in [6.07, 6.45) is -0.301. The quantitative estimate of drug-likeness (QED) is 0.245. The molecule has 0 saturated carbocycles. The van der Waals surface area contributed by atoms with Crippen molar-refractivity contribution in [1.82, 2.24) is 5.32 Å². The van der Waals surface area contributed by atoms with Gasteiger partial charge >= 0.3 is 11.9 Å². The molecule has 1 aliphatic rings. The molecule has 1 fully saturated rings. The predicted octanol–water partition coefficient (Wildman–Crippen LogP) is 4.62. The van der Waals surface area contributed by atoms with Crippen LogP contribution in [-0.4, -0.2) is 61.7 Å². The van der Waals surface area contributed by atoms with E-state index in [0.717, 1.165) is 11.1 Å². The minimum atomic E-state index is -0.968. The molecule has 0 amide bonds. The van der Waals surface area contributed by atoms with Crippen LogP contribution in [0, 0.1) is 12.8 Å². The van der Waals surface area contributed by atoms with Crippen molar-refractivity contribution in [3.05, 3.63) is 95.1 Å². The number of hydrogen-bond acceptors (Lipinski definition) is 9. The normalized spacial score (nSPS) is 15.5. The second kappa shape index (κ2) is 15.5. The Bertz CT molecular complexity index is 1320. The Labute approximate surface area is 253 Å². The summed E-state index contributed by atoms with van der Waals surface area (Å²) < 4.78 is 28.3. The largest absolute Gasteiger partial charge is 0.485 e. The zero-order valence-corrected chi connectivity index (χ0v) is 25.0. The van der Waals surface area contributed by atoms with Crippen LogP contribution in [0.1, 0.15) is 47.3 Å². The molecule has 230 valence electrons. The second-order valence-electron chi connectivity index (χ2n) is 11.3. The van der Waals surface area contributed by atoms with Crippen LogP contribution in [0.2, 0.25) is 0 Å². The fourth-order valence-corrected chi connectivity index (χ4v) is 4.42. The van der Waals surface area contributed by atoms with Gasteiger partial charge in [0.2, 0.25) is 0 Å². The van der Waals surface area contributed by atoms with Crippen LogP contribution in [0.5, 0.6) is 11.5 Å². The number of rotatable bonds is 15. The summed E-state index contributed by atoms with van der Waals surface area (Å²) >= 11 is 0. The summed E-state index contributed by atoms with van der Waals surface area (Å²) in [5.41, 5.74) is 2.37. The van der Waals surface area contributed by atoms with Gasteiger partial charge in [0, 0.05) is 18.7 Å². The number of aliphatic hydroxyl groups is 1. The summed E-state index contributed by atoms with van der Waals surface area (Å²) in [6.45, 7) is 7.19. The number of β-amino-alcohol motifs (C(OH)–C–C–N with tert-alkyl or cyclic N) is 1. The summed E-state index contributed by atoms with van der Waals surface area (Å²) in [6, 6.07) is 22.9. The number of aliphatic hydroxyl groups excluding tert-OH is 1. The Morgan fingerprint density at radius 1 is 0.953 bits per heavy atom. The van der Waals surface area contributed by atoms with Crippen LogP contribution in [0.3, 0.4) is 0 Å². The minimum absolute atomic E-state index is 0.137. The zero-order chi connectivity index (χ0) is 30.7. The predicted molar refractivity (Wildman–Crippen MR) is 161 cm³/mol. The third kappa shape index (κ3) is 10.1. The van der Waals surface area contributed by atoms with Gasteiger partial charge in [-0.25, -0.2) is 4.79 Å². The minimum Gasteiger partial charge on any atom is -0.485 e. The van der Waals surface area contributed by atoms with Gasteiger partial charge in [-0.1, -0.05) is 60.7 Å². The van der Waals surface area contributed by atoms with Crippen molar-refractivity contribution in [2.75, 3.05) is 33.0 Å². The highest BCUT2D eigenvalue weighted by Gasteiger charge is 2.28. The molecule has 0 aromatic heterocycles. The molecule has 0 spiro atoms. The van der Waals surface area contributed by atoms with Gasteiger partial charge in [0.1, 0.15) is 32.5 Å². The fourth-order valence-electron chi connectivity index (χ4n) is 4.42. The zero-order valence-electron chi connectivity index (χ0n) is 25.0. The highest BCUT2D eigenvalue weighted by Crippen LogP contribution is 2.33. The number of hydrogen-bond donors (Lipinski definition) is 2. The van der Waals surface area contributed by atoms with E-state index in [9.17, 15) is 14.7 Å². The molecule has 1 heterocycles. The molecule has 43 heavy (non-hydrogen) atoms. The summed E-state index contributed by atoms with van der Waals surface area (Å²) in [5, 5.41) is 13.7. The third-order valence-corrected chi connectivity index (χ3v) is 7.05. The second-order valence-corrected chi connectivity index (χ2v) is 11.3. The molecule has 2 N–H and O–H groups in total. The lowest BCUT2D eigenvalue weighted by molar-refractivity contribution is -0.150. The van der Waals surface area contributed by atoms with E-state index in [-0.39, 0.29) is 31.6 Å². The smallest absolute Gasteiger partial charge is 0.338 e. The molecule has 2 atom stereocenters. The molecule has 1 unspecified atom stereocenters. The molecule has 0 aliphatic carbocycles. The average molecular weight is 592 g/mol. The maximum Gasteiger partial charge on any atom is 0.338 e. The average Bonchev–Trinajstić information content (AvgIpc) is 3.56. The Morgan fingerprint density at radius 3 is 2.14 bits per heavy atom. The van der Waals surface area contributed by atoms with Crippen molar-refractivity contribution in [3.8, 4) is 11.5 Å². The topological polar surface area (TPSA) is 113 Å². The number of carbonyl (C=O) groups excluding carboxylic acids is 2. The standard InChI is InChI=1S/C34H41NO8/c1-24-16-30(40-19-25-10-6-4-7-11-25)31(41-20-26-12-8-5-9-13-26)17-29(24)33(38)42-22-28(36)18-35-34(2,3)23-43-32(37)27-14-15-39-21-27/h4-13,16-17,27-28,35-36H,14-15,18-23H2,1-3H3/t27?,28-/m0/s1. The van der Waals surface area contributed by atoms with Gasteiger partial charge in [-0.05, 0) is 56.0 Å². The van der Waals surface area contributed by atoms with Gasteiger partial charge in [-0.2, -0.15) is 0 Å². The van der Waals surface area contributed by atoms with Gasteiger partial charge in [0.05, 0.1) is 18.1 Å². The van der Waals surface area contributed by atoms with Gasteiger partial charge in [-0.15, -0.1) is 0 Å². The van der Waals surface area contributed by atoms with Crippen molar-refractivity contribution in [1.29, 1.82) is 0 Å². The Kier molecular flexibility index (Phi) is 11.6. The third-order valence-electron chi connectivity index (χ3n) is 7.05. The number of esters is 2. The number of carbonyl (C=O) groups is 2. The van der Waals surface area contributed by atoms with E-state index in [1.165, 1.54) is 0 Å². The van der Waals surface area contributed by atoms with E-state index >= 15 is 0 Å². The maximum atomic E-state index is 13.1. The molecule has 0 bridgehead atoms. The monoisotopic (exact) mass is 591 g/mol. The molecular weight excluding hydrogens is 550 g/mol. The first-order chi connectivity index (χ1) is 20.7. The van der Waals surface area contributed by atoms with E-state index in [1.807, 2.05) is 74.5 Å². The number of benzene rings is 3. The van der Waals surface area contributed by atoms with E-state index in [4.69, 9.17) is 23.7 Å². The van der Waals surface area contributed by atoms with Crippen molar-refractivity contribution < 1.29 is 38.4 Å². The summed E-state index contributed by atoms with van der Waals surface area (Å²) in [4.78, 5) is 25.2. The Hall–Kier alpha value is -3.92. The lowest BCUT2D eigenvalue weighted by Gasteiger charge is -2.27. The molecule has 1 aliphatic heterocycles. The van der Waals surface area contributed by atoms with Crippen LogP contribution in [0.25, 0.3) is 0 Å². The SMILES string of the molecule is Cc1cc(OCc2ccccc2)c(OCc2ccccc2)cc1C(=O)OC[C@@H](O)CNC(C)(C)COC(=O)C1CCOC1. The van der Waals surface area contributed by atoms with E-state index in [0.29, 0.717) is 55.5 Å². The number of aryl methyl sites for hydroxylation is 1. The van der Waals surface area contributed by atoms with Gasteiger partial charge < -0.3 is 34.1 Å². The summed E-state index contributed by atoms with van der Waals surface area (Å²) in [5.74, 6) is -0.150. The lowest BCUT2D eigenvalue weighted by atomic mass is 10.1. The molecule has 0 radical (unpaired) electrons. The van der Waals surface area contributed by atoms with Crippen molar-refractivity contribution >= 4 is 11.9 Å². The van der Waals surface area contributed by atoms with Crippen LogP contribution in [0.15, 0.2) is 72.8 Å². The van der Waals surface area contributed by atoms with Crippen molar-refractivity contribution in [3.63, 3.8) is 0 Å². The van der Waals surface area contributed by atoms with Gasteiger partial charge in [0.15, 0.2) is 11.5 Å². The fraction of sp³-hybridized carbons (Fsp3) is 0.412. The molecule has 3 aromatic rings. The van der Waals surface area contributed by atoms with Gasteiger partial charge in [-0.3, -0.25) is 4.79 Å². The molecule has 4 rings (SSSR count). The van der Waals surface area contributed by atoms with Crippen molar-refractivity contribution in [2.24, 2.45) is 5.92 Å². The van der Waals surface area contributed by atoms with Crippen molar-refractivity contribution in [2.45, 2.75) is 52.0 Å². The molecule has 9 heteroatoms. The van der Waals surface area contributed by atoms with Crippen LogP contribution < -0.4 is 14.8 Å². The first kappa shape index (κ1) is 32.0. The number of ether oxygens (including phenoxy) is 5.